The first kappa shape index (κ1) is 18.1. The molecule has 0 fully saturated rings. The van der Waals surface area contributed by atoms with Gasteiger partial charge in [0.2, 0.25) is 0 Å². The minimum absolute atomic E-state index is 0.765. The van der Waals surface area contributed by atoms with Gasteiger partial charge in [0.1, 0.15) is 0 Å². The van der Waals surface area contributed by atoms with Gasteiger partial charge in [-0.25, -0.2) is 0 Å². The fraction of sp³-hybridized carbons (Fsp3) is 0.750. The van der Waals surface area contributed by atoms with E-state index in [1.54, 1.807) is 11.3 Å². The summed E-state index contributed by atoms with van der Waals surface area (Å²) in [5.74, 6) is 0.765. The monoisotopic (exact) mass is 360 g/mol. The van der Waals surface area contributed by atoms with E-state index >= 15 is 0 Å². The summed E-state index contributed by atoms with van der Waals surface area (Å²) in [6.45, 7) is 9.12. The van der Waals surface area contributed by atoms with Crippen LogP contribution < -0.4 is 5.32 Å². The topological polar surface area (TPSA) is 15.3 Å². The number of rotatable bonds is 11. The van der Waals surface area contributed by atoms with Crippen LogP contribution in [0.5, 0.6) is 0 Å². The third kappa shape index (κ3) is 9.11. The maximum absolute atomic E-state index is 3.52. The molecule has 1 heterocycles. The summed E-state index contributed by atoms with van der Waals surface area (Å²) in [6.07, 6.45) is 5.32. The van der Waals surface area contributed by atoms with Crippen molar-refractivity contribution in [1.82, 2.24) is 10.2 Å². The van der Waals surface area contributed by atoms with Crippen molar-refractivity contribution < 1.29 is 0 Å². The van der Waals surface area contributed by atoms with Crippen LogP contribution in [0.1, 0.15) is 45.1 Å². The van der Waals surface area contributed by atoms with E-state index in [9.17, 15) is 0 Å². The number of nitrogens with one attached hydrogen (secondary N) is 1. The lowest BCUT2D eigenvalue weighted by molar-refractivity contribution is 0.317. The molecule has 0 aromatic carbocycles. The quantitative estimate of drug-likeness (QED) is 0.572. The molecule has 0 radical (unpaired) electrons. The highest BCUT2D eigenvalue weighted by Crippen LogP contribution is 2.21. The van der Waals surface area contributed by atoms with Gasteiger partial charge in [-0.05, 0) is 78.4 Å². The van der Waals surface area contributed by atoms with Crippen molar-refractivity contribution in [2.75, 3.05) is 26.7 Å². The van der Waals surface area contributed by atoms with Crippen LogP contribution in [0.2, 0.25) is 0 Å². The van der Waals surface area contributed by atoms with Crippen molar-refractivity contribution in [3.63, 3.8) is 0 Å². The van der Waals surface area contributed by atoms with Crippen LogP contribution >= 0.6 is 27.3 Å². The number of nitrogens with zero attached hydrogens (tertiary/aromatic N) is 1. The first-order valence-corrected chi connectivity index (χ1v) is 9.37. The van der Waals surface area contributed by atoms with E-state index in [0.717, 1.165) is 19.0 Å². The fourth-order valence-electron chi connectivity index (χ4n) is 2.20. The molecule has 0 saturated carbocycles. The molecule has 0 atom stereocenters. The Hall–Kier alpha value is 0.100. The van der Waals surface area contributed by atoms with Crippen LogP contribution in [0.3, 0.4) is 0 Å². The molecule has 0 unspecified atom stereocenters. The second kappa shape index (κ2) is 10.8. The molecule has 1 rings (SSSR count). The molecule has 0 aliphatic carbocycles. The van der Waals surface area contributed by atoms with Gasteiger partial charge < -0.3 is 10.2 Å². The third-order valence-electron chi connectivity index (χ3n) is 3.27. The Labute approximate surface area is 137 Å². The number of halogens is 1. The summed E-state index contributed by atoms with van der Waals surface area (Å²) in [6, 6.07) is 2.22. The Bertz CT molecular complexity index is 352. The second-order valence-electron chi connectivity index (χ2n) is 6.01. The van der Waals surface area contributed by atoms with E-state index < -0.39 is 0 Å². The first-order valence-electron chi connectivity index (χ1n) is 7.70. The molecule has 116 valence electrons. The zero-order chi connectivity index (χ0) is 14.8. The zero-order valence-corrected chi connectivity index (χ0v) is 15.5. The summed E-state index contributed by atoms with van der Waals surface area (Å²) < 4.78 is 1.23. The van der Waals surface area contributed by atoms with Gasteiger partial charge in [0.15, 0.2) is 0 Å². The lowest BCUT2D eigenvalue weighted by Crippen LogP contribution is -2.21. The second-order valence-corrected chi connectivity index (χ2v) is 8.30. The highest BCUT2D eigenvalue weighted by atomic mass is 79.9. The number of unbranched alkanes of at least 4 members (excludes halogenated alkanes) is 3. The molecule has 4 heteroatoms. The largest absolute Gasteiger partial charge is 0.316 e. The lowest BCUT2D eigenvalue weighted by atomic mass is 10.1. The Morgan fingerprint density at radius 1 is 1.25 bits per heavy atom. The third-order valence-corrected chi connectivity index (χ3v) is 4.82. The molecular formula is C16H29BrN2S. The molecular weight excluding hydrogens is 332 g/mol. The molecule has 1 N–H and O–H groups in total. The Morgan fingerprint density at radius 3 is 2.65 bits per heavy atom. The Balaban J connectivity index is 1.93. The fourth-order valence-corrected chi connectivity index (χ4v) is 3.40. The van der Waals surface area contributed by atoms with Crippen molar-refractivity contribution >= 4 is 27.3 Å². The molecule has 0 aliphatic heterocycles. The van der Waals surface area contributed by atoms with Gasteiger partial charge in [0.25, 0.3) is 0 Å². The van der Waals surface area contributed by atoms with Gasteiger partial charge in [-0.2, -0.15) is 0 Å². The average Bonchev–Trinajstić information content (AvgIpc) is 2.77. The van der Waals surface area contributed by atoms with E-state index in [4.69, 9.17) is 0 Å². The SMILES string of the molecule is CC(C)CNCCCCCCN(C)Cc1csc(Br)c1. The molecule has 0 saturated heterocycles. The number of hydrogen-bond donors (Lipinski definition) is 1. The van der Waals surface area contributed by atoms with Gasteiger partial charge in [-0.3, -0.25) is 0 Å². The van der Waals surface area contributed by atoms with Crippen molar-refractivity contribution in [2.24, 2.45) is 5.92 Å². The highest BCUT2D eigenvalue weighted by Gasteiger charge is 2.02. The van der Waals surface area contributed by atoms with Gasteiger partial charge in [-0.1, -0.05) is 26.7 Å². The van der Waals surface area contributed by atoms with Gasteiger partial charge in [0, 0.05) is 6.54 Å². The van der Waals surface area contributed by atoms with Crippen molar-refractivity contribution in [1.29, 1.82) is 0 Å². The summed E-state index contributed by atoms with van der Waals surface area (Å²) in [7, 11) is 2.22. The first-order chi connectivity index (χ1) is 9.58. The molecule has 0 spiro atoms. The average molecular weight is 361 g/mol. The Morgan fingerprint density at radius 2 is 2.00 bits per heavy atom. The Kier molecular flexibility index (Phi) is 9.78. The van der Waals surface area contributed by atoms with Crippen LogP contribution in [0.15, 0.2) is 15.2 Å². The lowest BCUT2D eigenvalue weighted by Gasteiger charge is -2.15. The molecule has 1 aromatic heterocycles. The molecule has 2 nitrogen and oxygen atoms in total. The van der Waals surface area contributed by atoms with E-state index in [1.807, 2.05) is 0 Å². The van der Waals surface area contributed by atoms with E-state index in [-0.39, 0.29) is 0 Å². The van der Waals surface area contributed by atoms with Crippen molar-refractivity contribution in [2.45, 2.75) is 46.1 Å². The number of hydrogen-bond acceptors (Lipinski definition) is 3. The molecule has 0 amide bonds. The van der Waals surface area contributed by atoms with E-state index in [0.29, 0.717) is 0 Å². The molecule has 0 bridgehead atoms. The van der Waals surface area contributed by atoms with E-state index in [1.165, 1.54) is 48.1 Å². The minimum atomic E-state index is 0.765. The normalized spacial score (nSPS) is 11.7. The zero-order valence-electron chi connectivity index (χ0n) is 13.1. The maximum atomic E-state index is 3.52. The van der Waals surface area contributed by atoms with Gasteiger partial charge in [-0.15, -0.1) is 11.3 Å². The van der Waals surface area contributed by atoms with Gasteiger partial charge in [0.05, 0.1) is 3.79 Å². The minimum Gasteiger partial charge on any atom is -0.316 e. The molecule has 20 heavy (non-hydrogen) atoms. The van der Waals surface area contributed by atoms with Crippen LogP contribution in [-0.2, 0) is 6.54 Å². The van der Waals surface area contributed by atoms with Crippen molar-refractivity contribution in [3.8, 4) is 0 Å². The standard InChI is InChI=1S/C16H29BrN2S/c1-14(2)11-18-8-6-4-5-7-9-19(3)12-15-10-16(17)20-13-15/h10,13-14,18H,4-9,11-12H2,1-3H3. The van der Waals surface area contributed by atoms with Crippen LogP contribution in [0.25, 0.3) is 0 Å². The predicted molar refractivity (Wildman–Crippen MR) is 94.5 cm³/mol. The highest BCUT2D eigenvalue weighted by molar-refractivity contribution is 9.11. The van der Waals surface area contributed by atoms with Crippen molar-refractivity contribution in [3.05, 3.63) is 20.8 Å². The number of thiophene rings is 1. The summed E-state index contributed by atoms with van der Waals surface area (Å²) in [4.78, 5) is 2.42. The van der Waals surface area contributed by atoms with Crippen LogP contribution in [0.4, 0.5) is 0 Å². The maximum Gasteiger partial charge on any atom is 0.0701 e. The van der Waals surface area contributed by atoms with Crippen LogP contribution in [0, 0.1) is 5.92 Å². The molecule has 0 aliphatic rings. The van der Waals surface area contributed by atoms with Crippen LogP contribution in [-0.4, -0.2) is 31.6 Å². The summed E-state index contributed by atoms with van der Waals surface area (Å²) >= 11 is 5.29. The van der Waals surface area contributed by atoms with Gasteiger partial charge >= 0.3 is 0 Å². The molecule has 1 aromatic rings. The smallest absolute Gasteiger partial charge is 0.0701 e. The summed E-state index contributed by atoms with van der Waals surface area (Å²) in [5, 5.41) is 5.74. The summed E-state index contributed by atoms with van der Waals surface area (Å²) in [5.41, 5.74) is 1.42. The van der Waals surface area contributed by atoms with E-state index in [2.05, 4.69) is 58.5 Å². The predicted octanol–water partition coefficient (Wildman–Crippen LogP) is 4.75.